The fraction of sp³-hybridized carbons (Fsp3) is 0.684. The van der Waals surface area contributed by atoms with Crippen LogP contribution in [0.15, 0.2) is 18.2 Å². The molecule has 1 N–H and O–H groups in total. The Morgan fingerprint density at radius 1 is 1.14 bits per heavy atom. The van der Waals surface area contributed by atoms with Gasteiger partial charge in [-0.1, -0.05) is 49.1 Å². The minimum atomic E-state index is 0.509. The van der Waals surface area contributed by atoms with E-state index in [0.29, 0.717) is 6.04 Å². The molecule has 1 aromatic carbocycles. The van der Waals surface area contributed by atoms with Crippen molar-refractivity contribution in [2.45, 2.75) is 58.9 Å². The van der Waals surface area contributed by atoms with Crippen molar-refractivity contribution in [2.24, 2.45) is 5.92 Å². The van der Waals surface area contributed by atoms with Gasteiger partial charge in [0.05, 0.1) is 0 Å². The third-order valence-electron chi connectivity index (χ3n) is 4.40. The van der Waals surface area contributed by atoms with Gasteiger partial charge < -0.3 is 5.32 Å². The van der Waals surface area contributed by atoms with Crippen LogP contribution in [0.5, 0.6) is 0 Å². The first kappa shape index (κ1) is 16.9. The van der Waals surface area contributed by atoms with Crippen LogP contribution in [0.25, 0.3) is 0 Å². The number of nitrogens with one attached hydrogen (secondary N) is 1. The third-order valence-corrected chi connectivity index (χ3v) is 5.68. The zero-order valence-electron chi connectivity index (χ0n) is 14.0. The number of hydrogen-bond acceptors (Lipinski definition) is 2. The van der Waals surface area contributed by atoms with Crippen molar-refractivity contribution in [3.05, 3.63) is 34.9 Å². The normalized spacial score (nSPS) is 17.3. The fourth-order valence-electron chi connectivity index (χ4n) is 3.33. The average Bonchev–Trinajstić information content (AvgIpc) is 2.94. The molecule has 2 rings (SSSR count). The second-order valence-electron chi connectivity index (χ2n) is 6.62. The van der Waals surface area contributed by atoms with Gasteiger partial charge in [-0.2, -0.15) is 11.8 Å². The van der Waals surface area contributed by atoms with Crippen LogP contribution >= 0.6 is 11.8 Å². The number of thioether (sulfide) groups is 1. The number of benzene rings is 1. The minimum Gasteiger partial charge on any atom is -0.309 e. The summed E-state index contributed by atoms with van der Waals surface area (Å²) >= 11 is 2.15. The van der Waals surface area contributed by atoms with Crippen molar-refractivity contribution in [3.63, 3.8) is 0 Å². The van der Waals surface area contributed by atoms with Gasteiger partial charge in [0, 0.05) is 11.8 Å². The Morgan fingerprint density at radius 2 is 1.81 bits per heavy atom. The van der Waals surface area contributed by atoms with Gasteiger partial charge in [0.15, 0.2) is 0 Å². The molecule has 1 fully saturated rings. The molecule has 1 atom stereocenters. The predicted octanol–water partition coefficient (Wildman–Crippen LogP) is 5.27. The molecule has 1 aromatic rings. The third kappa shape index (κ3) is 5.67. The van der Waals surface area contributed by atoms with Crippen LogP contribution in [0.4, 0.5) is 0 Å². The van der Waals surface area contributed by atoms with Crippen LogP contribution in [0, 0.1) is 19.8 Å². The van der Waals surface area contributed by atoms with Gasteiger partial charge in [0.2, 0.25) is 0 Å². The molecule has 0 radical (unpaired) electrons. The summed E-state index contributed by atoms with van der Waals surface area (Å²) in [7, 11) is 0. The van der Waals surface area contributed by atoms with E-state index in [1.807, 2.05) is 0 Å². The first-order valence-electron chi connectivity index (χ1n) is 8.58. The Hall–Kier alpha value is -0.470. The van der Waals surface area contributed by atoms with Crippen molar-refractivity contribution in [1.82, 2.24) is 5.32 Å². The minimum absolute atomic E-state index is 0.509. The Morgan fingerprint density at radius 3 is 2.43 bits per heavy atom. The van der Waals surface area contributed by atoms with Crippen molar-refractivity contribution in [2.75, 3.05) is 18.1 Å². The van der Waals surface area contributed by atoms with Gasteiger partial charge in [0.1, 0.15) is 0 Å². The summed E-state index contributed by atoms with van der Waals surface area (Å²) in [4.78, 5) is 0. The maximum absolute atomic E-state index is 3.74. The molecule has 118 valence electrons. The van der Waals surface area contributed by atoms with Gasteiger partial charge in [-0.25, -0.2) is 0 Å². The van der Waals surface area contributed by atoms with Crippen LogP contribution in [0.1, 0.15) is 61.8 Å². The van der Waals surface area contributed by atoms with Crippen LogP contribution in [-0.2, 0) is 0 Å². The van der Waals surface area contributed by atoms with E-state index in [4.69, 9.17) is 0 Å². The molecule has 0 heterocycles. The molecule has 0 aromatic heterocycles. The molecule has 0 amide bonds. The number of aryl methyl sites for hydroxylation is 2. The second-order valence-corrected chi connectivity index (χ2v) is 7.69. The Balaban J connectivity index is 1.92. The first-order chi connectivity index (χ1) is 10.2. The van der Waals surface area contributed by atoms with E-state index >= 15 is 0 Å². The van der Waals surface area contributed by atoms with Gasteiger partial charge in [-0.15, -0.1) is 0 Å². The maximum atomic E-state index is 3.74. The van der Waals surface area contributed by atoms with Gasteiger partial charge in [-0.05, 0) is 56.9 Å². The largest absolute Gasteiger partial charge is 0.309 e. The molecule has 21 heavy (non-hydrogen) atoms. The van der Waals surface area contributed by atoms with Crippen LogP contribution in [-0.4, -0.2) is 18.1 Å². The SMILES string of the molecule is CCCNC(CSCC1CCCC1)c1cc(C)cc(C)c1. The standard InChI is InChI=1S/C19H31NS/c1-4-9-20-19(14-21-13-17-7-5-6-8-17)18-11-15(2)10-16(3)12-18/h10-12,17,19-20H,4-9,13-14H2,1-3H3. The highest BCUT2D eigenvalue weighted by Gasteiger charge is 2.17. The first-order valence-corrected chi connectivity index (χ1v) is 9.74. The summed E-state index contributed by atoms with van der Waals surface area (Å²) in [6, 6.07) is 7.49. The highest BCUT2D eigenvalue weighted by atomic mass is 32.2. The zero-order valence-corrected chi connectivity index (χ0v) is 14.8. The van der Waals surface area contributed by atoms with Crippen molar-refractivity contribution in [1.29, 1.82) is 0 Å². The van der Waals surface area contributed by atoms with E-state index in [1.165, 1.54) is 60.3 Å². The maximum Gasteiger partial charge on any atom is 0.0412 e. The van der Waals surface area contributed by atoms with Crippen molar-refractivity contribution >= 4 is 11.8 Å². The van der Waals surface area contributed by atoms with Crippen LogP contribution in [0.3, 0.4) is 0 Å². The molecular formula is C19H31NS. The summed E-state index contributed by atoms with van der Waals surface area (Å²) in [5.41, 5.74) is 4.24. The molecule has 0 aliphatic heterocycles. The average molecular weight is 306 g/mol. The Labute approximate surface area is 135 Å². The molecule has 1 saturated carbocycles. The molecular weight excluding hydrogens is 274 g/mol. The molecule has 1 aliphatic carbocycles. The highest BCUT2D eigenvalue weighted by molar-refractivity contribution is 7.99. The van der Waals surface area contributed by atoms with Gasteiger partial charge in [0.25, 0.3) is 0 Å². The Bertz CT molecular complexity index is 403. The molecule has 2 heteroatoms. The quantitative estimate of drug-likeness (QED) is 0.702. The van der Waals surface area contributed by atoms with E-state index in [9.17, 15) is 0 Å². The Kier molecular flexibility index (Phi) is 7.12. The molecule has 0 saturated heterocycles. The summed E-state index contributed by atoms with van der Waals surface area (Å²) < 4.78 is 0. The van der Waals surface area contributed by atoms with Crippen molar-refractivity contribution < 1.29 is 0 Å². The zero-order chi connectivity index (χ0) is 15.1. The van der Waals surface area contributed by atoms with E-state index in [2.05, 4.69) is 56.0 Å². The molecule has 1 unspecified atom stereocenters. The van der Waals surface area contributed by atoms with Crippen molar-refractivity contribution in [3.8, 4) is 0 Å². The smallest absolute Gasteiger partial charge is 0.0412 e. The van der Waals surface area contributed by atoms with Crippen LogP contribution in [0.2, 0.25) is 0 Å². The molecule has 0 spiro atoms. The van der Waals surface area contributed by atoms with Gasteiger partial charge >= 0.3 is 0 Å². The lowest BCUT2D eigenvalue weighted by atomic mass is 10.0. The summed E-state index contributed by atoms with van der Waals surface area (Å²) in [6.45, 7) is 7.77. The lowest BCUT2D eigenvalue weighted by molar-refractivity contribution is 0.574. The topological polar surface area (TPSA) is 12.0 Å². The lowest BCUT2D eigenvalue weighted by Gasteiger charge is -2.21. The van der Waals surface area contributed by atoms with E-state index < -0.39 is 0 Å². The lowest BCUT2D eigenvalue weighted by Crippen LogP contribution is -2.24. The summed E-state index contributed by atoms with van der Waals surface area (Å²) in [6.07, 6.45) is 7.04. The molecule has 1 aliphatic rings. The van der Waals surface area contributed by atoms with E-state index in [1.54, 1.807) is 0 Å². The molecule has 1 nitrogen and oxygen atoms in total. The summed E-state index contributed by atoms with van der Waals surface area (Å²) in [5.74, 6) is 3.55. The van der Waals surface area contributed by atoms with Crippen LogP contribution < -0.4 is 5.32 Å². The predicted molar refractivity (Wildman–Crippen MR) is 96.2 cm³/mol. The highest BCUT2D eigenvalue weighted by Crippen LogP contribution is 2.29. The second kappa shape index (κ2) is 8.85. The van der Waals surface area contributed by atoms with E-state index in [0.717, 1.165) is 12.5 Å². The number of rotatable bonds is 8. The summed E-state index contributed by atoms with van der Waals surface area (Å²) in [5, 5.41) is 3.74. The number of hydrogen-bond donors (Lipinski definition) is 1. The monoisotopic (exact) mass is 305 g/mol. The fourth-order valence-corrected chi connectivity index (χ4v) is 4.68. The van der Waals surface area contributed by atoms with Gasteiger partial charge in [-0.3, -0.25) is 0 Å². The molecule has 0 bridgehead atoms. The van der Waals surface area contributed by atoms with E-state index in [-0.39, 0.29) is 0 Å².